The molecule has 0 spiro atoms. The maximum Gasteiger partial charge on any atom is 0.243 e. The van der Waals surface area contributed by atoms with Gasteiger partial charge in [0.05, 0.1) is 15.6 Å². The van der Waals surface area contributed by atoms with Crippen molar-refractivity contribution in [1.82, 2.24) is 4.31 Å². The summed E-state index contributed by atoms with van der Waals surface area (Å²) in [6.45, 7) is 5.00. The van der Waals surface area contributed by atoms with E-state index >= 15 is 0 Å². The van der Waals surface area contributed by atoms with Gasteiger partial charge in [-0.2, -0.15) is 9.30 Å². The van der Waals surface area contributed by atoms with E-state index in [4.69, 9.17) is 11.6 Å². The summed E-state index contributed by atoms with van der Waals surface area (Å²) in [5, 5.41) is 0.218. The summed E-state index contributed by atoms with van der Waals surface area (Å²) in [5.41, 5.74) is 0.115. The Morgan fingerprint density at radius 3 is 2.27 bits per heavy atom. The average molecular weight is 345 g/mol. The molecule has 122 valence electrons. The second kappa shape index (κ2) is 9.06. The van der Waals surface area contributed by atoms with E-state index in [1.54, 1.807) is 0 Å². The van der Waals surface area contributed by atoms with Crippen LogP contribution in [0.3, 0.4) is 0 Å². The van der Waals surface area contributed by atoms with Crippen LogP contribution in [0.15, 0.2) is 28.1 Å². The zero-order chi connectivity index (χ0) is 16.6. The van der Waals surface area contributed by atoms with Gasteiger partial charge >= 0.3 is 0 Å². The molecular formula is C15H21ClN2O3S. The lowest BCUT2D eigenvalue weighted by molar-refractivity contribution is 0.395. The van der Waals surface area contributed by atoms with Crippen LogP contribution in [-0.2, 0) is 14.8 Å². The molecule has 1 aromatic rings. The number of nitrogens with zero attached hydrogens (tertiary/aromatic N) is 2. The third-order valence-corrected chi connectivity index (χ3v) is 5.46. The molecule has 7 heteroatoms. The Bertz CT molecular complexity index is 632. The third-order valence-electron chi connectivity index (χ3n) is 3.24. The third kappa shape index (κ3) is 4.92. The lowest BCUT2D eigenvalue weighted by Gasteiger charge is -2.22. The molecule has 0 bridgehead atoms. The molecule has 0 atom stereocenters. The van der Waals surface area contributed by atoms with Crippen molar-refractivity contribution >= 4 is 33.4 Å². The van der Waals surface area contributed by atoms with Crippen molar-refractivity contribution in [3.63, 3.8) is 0 Å². The first-order chi connectivity index (χ1) is 10.5. The van der Waals surface area contributed by atoms with Crippen molar-refractivity contribution < 1.29 is 13.2 Å². The standard InChI is InChI=1S/C15H21ClN2O3S/c1-3-5-9-18(10-6-4-2)22(20,21)13-7-8-14(16)15(11-13)17-12-19/h7-8,11H,3-6,9-10H2,1-2H3. The highest BCUT2D eigenvalue weighted by molar-refractivity contribution is 7.89. The summed E-state index contributed by atoms with van der Waals surface area (Å²) < 4.78 is 27.0. The van der Waals surface area contributed by atoms with Crippen molar-refractivity contribution in [2.24, 2.45) is 4.99 Å². The molecule has 0 radical (unpaired) electrons. The Hall–Kier alpha value is -1.20. The van der Waals surface area contributed by atoms with Gasteiger partial charge in [-0.25, -0.2) is 13.2 Å². The first kappa shape index (κ1) is 18.8. The fraction of sp³-hybridized carbons (Fsp3) is 0.533. The minimum atomic E-state index is -3.62. The number of benzene rings is 1. The minimum Gasteiger partial charge on any atom is -0.211 e. The number of aliphatic imine (C=N–C) groups is 1. The van der Waals surface area contributed by atoms with Crippen LogP contribution in [0.25, 0.3) is 0 Å². The number of rotatable bonds is 9. The molecule has 0 unspecified atom stereocenters. The molecule has 0 saturated heterocycles. The summed E-state index contributed by atoms with van der Waals surface area (Å²) in [7, 11) is -3.62. The minimum absolute atomic E-state index is 0.0955. The monoisotopic (exact) mass is 344 g/mol. The molecule has 0 amide bonds. The van der Waals surface area contributed by atoms with E-state index < -0.39 is 10.0 Å². The molecule has 0 aliphatic carbocycles. The number of halogens is 1. The van der Waals surface area contributed by atoms with E-state index in [1.165, 1.54) is 28.6 Å². The van der Waals surface area contributed by atoms with Crippen LogP contribution in [0, 0.1) is 0 Å². The molecule has 22 heavy (non-hydrogen) atoms. The number of hydrogen-bond donors (Lipinski definition) is 0. The van der Waals surface area contributed by atoms with Crippen molar-refractivity contribution in [3.05, 3.63) is 23.2 Å². The lowest BCUT2D eigenvalue weighted by atomic mass is 10.3. The highest BCUT2D eigenvalue weighted by atomic mass is 35.5. The van der Waals surface area contributed by atoms with Crippen LogP contribution in [0.4, 0.5) is 5.69 Å². The normalized spacial score (nSPS) is 11.5. The molecule has 0 aliphatic rings. The largest absolute Gasteiger partial charge is 0.243 e. The molecule has 0 saturated carbocycles. The number of carbonyl (C=O) groups excluding carboxylic acids is 1. The van der Waals surface area contributed by atoms with Gasteiger partial charge in [-0.3, -0.25) is 0 Å². The van der Waals surface area contributed by atoms with E-state index in [9.17, 15) is 13.2 Å². The molecule has 0 fully saturated rings. The maximum atomic E-state index is 12.8. The van der Waals surface area contributed by atoms with E-state index in [-0.39, 0.29) is 15.6 Å². The van der Waals surface area contributed by atoms with Crippen LogP contribution < -0.4 is 0 Å². The van der Waals surface area contributed by atoms with Crippen LogP contribution >= 0.6 is 11.6 Å². The molecule has 0 heterocycles. The fourth-order valence-electron chi connectivity index (χ4n) is 1.96. The SMILES string of the molecule is CCCCN(CCCC)S(=O)(=O)c1ccc(Cl)c(N=C=O)c1. The summed E-state index contributed by atoms with van der Waals surface area (Å²) in [5.74, 6) is 0. The Morgan fingerprint density at radius 2 is 1.77 bits per heavy atom. The zero-order valence-corrected chi connectivity index (χ0v) is 14.5. The van der Waals surface area contributed by atoms with Gasteiger partial charge in [0.25, 0.3) is 0 Å². The van der Waals surface area contributed by atoms with Gasteiger partial charge in [0, 0.05) is 13.1 Å². The Balaban J connectivity index is 3.17. The van der Waals surface area contributed by atoms with Crippen molar-refractivity contribution in [3.8, 4) is 0 Å². The van der Waals surface area contributed by atoms with E-state index in [0.717, 1.165) is 25.7 Å². The van der Waals surface area contributed by atoms with Crippen LogP contribution in [0.5, 0.6) is 0 Å². The van der Waals surface area contributed by atoms with Gasteiger partial charge in [0.2, 0.25) is 16.1 Å². The molecule has 0 N–H and O–H groups in total. The summed E-state index contributed by atoms with van der Waals surface area (Å²) in [4.78, 5) is 13.9. The predicted molar refractivity (Wildman–Crippen MR) is 87.8 cm³/mol. The smallest absolute Gasteiger partial charge is 0.211 e. The Morgan fingerprint density at radius 1 is 1.18 bits per heavy atom. The second-order valence-corrected chi connectivity index (χ2v) is 7.27. The number of isocyanates is 1. The van der Waals surface area contributed by atoms with Crippen LogP contribution in [0.1, 0.15) is 39.5 Å². The molecule has 1 aromatic carbocycles. The number of sulfonamides is 1. The first-order valence-corrected chi connectivity index (χ1v) is 9.16. The second-order valence-electron chi connectivity index (χ2n) is 4.93. The van der Waals surface area contributed by atoms with Gasteiger partial charge in [0.1, 0.15) is 0 Å². The summed E-state index contributed by atoms with van der Waals surface area (Å²) in [6, 6.07) is 4.18. The van der Waals surface area contributed by atoms with Crippen molar-refractivity contribution in [2.45, 2.75) is 44.4 Å². The predicted octanol–water partition coefficient (Wildman–Crippen LogP) is 3.90. The summed E-state index contributed by atoms with van der Waals surface area (Å²) >= 11 is 5.89. The number of hydrogen-bond acceptors (Lipinski definition) is 4. The summed E-state index contributed by atoms with van der Waals surface area (Å²) in [6.07, 6.45) is 4.82. The van der Waals surface area contributed by atoms with Crippen LogP contribution in [-0.4, -0.2) is 31.9 Å². The van der Waals surface area contributed by atoms with E-state index in [0.29, 0.717) is 13.1 Å². The van der Waals surface area contributed by atoms with Gasteiger partial charge in [-0.1, -0.05) is 38.3 Å². The van der Waals surface area contributed by atoms with Gasteiger partial charge in [0.15, 0.2) is 0 Å². The van der Waals surface area contributed by atoms with Gasteiger partial charge in [-0.15, -0.1) is 0 Å². The fourth-order valence-corrected chi connectivity index (χ4v) is 3.66. The topological polar surface area (TPSA) is 66.8 Å². The highest BCUT2D eigenvalue weighted by Gasteiger charge is 2.24. The van der Waals surface area contributed by atoms with E-state index in [2.05, 4.69) is 4.99 Å². The quantitative estimate of drug-likeness (QED) is 0.504. The van der Waals surface area contributed by atoms with Gasteiger partial charge < -0.3 is 0 Å². The molecule has 0 aliphatic heterocycles. The van der Waals surface area contributed by atoms with E-state index in [1.807, 2.05) is 13.8 Å². The van der Waals surface area contributed by atoms with Crippen molar-refractivity contribution in [1.29, 1.82) is 0 Å². The molecule has 5 nitrogen and oxygen atoms in total. The molecule has 0 aromatic heterocycles. The van der Waals surface area contributed by atoms with Gasteiger partial charge in [-0.05, 0) is 31.0 Å². The Kier molecular flexibility index (Phi) is 7.76. The lowest BCUT2D eigenvalue weighted by Crippen LogP contribution is -2.33. The maximum absolute atomic E-state index is 12.8. The zero-order valence-electron chi connectivity index (χ0n) is 12.9. The van der Waals surface area contributed by atoms with Crippen molar-refractivity contribution in [2.75, 3.05) is 13.1 Å². The Labute approximate surface area is 137 Å². The average Bonchev–Trinajstić information content (AvgIpc) is 2.49. The van der Waals surface area contributed by atoms with Crippen LogP contribution in [0.2, 0.25) is 5.02 Å². The number of unbranched alkanes of at least 4 members (excludes halogenated alkanes) is 2. The first-order valence-electron chi connectivity index (χ1n) is 7.35. The molecular weight excluding hydrogens is 324 g/mol. The highest BCUT2D eigenvalue weighted by Crippen LogP contribution is 2.29. The molecule has 1 rings (SSSR count).